The second-order valence-corrected chi connectivity index (χ2v) is 3.72. The van der Waals surface area contributed by atoms with E-state index in [2.05, 4.69) is 0 Å². The van der Waals surface area contributed by atoms with E-state index in [0.29, 0.717) is 12.1 Å². The van der Waals surface area contributed by atoms with E-state index >= 15 is 0 Å². The summed E-state index contributed by atoms with van der Waals surface area (Å²) in [6.07, 6.45) is 0. The Bertz CT molecular complexity index is 345. The number of alkyl halides is 5. The Kier molecular flexibility index (Phi) is 3.22. The molecule has 0 fully saturated rings. The summed E-state index contributed by atoms with van der Waals surface area (Å²) >= 11 is -1.55. The summed E-state index contributed by atoms with van der Waals surface area (Å²) in [7, 11) is 0. The molecule has 0 heterocycles. The summed E-state index contributed by atoms with van der Waals surface area (Å²) < 4.78 is 73.8. The topological polar surface area (TPSA) is 0 Å². The number of hydrogen-bond acceptors (Lipinski definition) is 1. The van der Waals surface area contributed by atoms with Crippen LogP contribution in [0.15, 0.2) is 24.3 Å². The molecule has 0 unspecified atom stereocenters. The Hall–Kier alpha value is -0.850. The molecule has 0 nitrogen and oxygen atoms in total. The van der Waals surface area contributed by atoms with Crippen molar-refractivity contribution in [3.63, 3.8) is 0 Å². The van der Waals surface area contributed by atoms with Crippen LogP contribution in [0.1, 0.15) is 5.56 Å². The molecule has 0 amide bonds. The molecule has 0 atom stereocenters. The van der Waals surface area contributed by atoms with Gasteiger partial charge in [0.05, 0.1) is 5.56 Å². The van der Waals surface area contributed by atoms with Crippen LogP contribution in [0.25, 0.3) is 0 Å². The molecule has 1 rings (SSSR count). The lowest BCUT2D eigenvalue weighted by Gasteiger charge is -2.17. The van der Waals surface area contributed by atoms with Gasteiger partial charge in [0.15, 0.2) is 0 Å². The highest BCUT2D eigenvalue weighted by molar-refractivity contribution is 8.00. The first-order valence-corrected chi connectivity index (χ1v) is 4.44. The number of halogens is 6. The van der Waals surface area contributed by atoms with Crippen molar-refractivity contribution in [2.45, 2.75) is 10.8 Å². The predicted octanol–water partition coefficient (Wildman–Crippen LogP) is 4.13. The Labute approximate surface area is 85.3 Å². The van der Waals surface area contributed by atoms with Crippen LogP contribution in [0.5, 0.6) is 0 Å². The summed E-state index contributed by atoms with van der Waals surface area (Å²) in [6.45, 7) is 0. The molecule has 1 aromatic carbocycles. The van der Waals surface area contributed by atoms with Gasteiger partial charge in [-0.25, -0.2) is 4.39 Å². The molecule has 7 heteroatoms. The maximum Gasteiger partial charge on any atom is 0.447 e. The molecule has 0 aromatic heterocycles. The first kappa shape index (κ1) is 12.2. The zero-order valence-electron chi connectivity index (χ0n) is 6.99. The van der Waals surface area contributed by atoms with Crippen molar-refractivity contribution in [3.8, 4) is 0 Å². The van der Waals surface area contributed by atoms with Gasteiger partial charge in [0.1, 0.15) is 5.82 Å². The number of hydrogen-bond donors (Lipinski definition) is 0. The van der Waals surface area contributed by atoms with Crippen LogP contribution in [0.3, 0.4) is 0 Å². The Balaban J connectivity index is 3.01. The van der Waals surface area contributed by atoms with E-state index in [-0.39, 0.29) is 0 Å². The minimum Gasteiger partial charge on any atom is -0.206 e. The van der Waals surface area contributed by atoms with Gasteiger partial charge in [-0.15, -0.1) is 0 Å². The molecule has 0 saturated heterocycles. The highest BCUT2D eigenvalue weighted by atomic mass is 32.2. The number of benzene rings is 1. The van der Waals surface area contributed by atoms with Crippen LogP contribution in [-0.2, 0) is 5.25 Å². The minimum atomic E-state index is -5.12. The lowest BCUT2D eigenvalue weighted by molar-refractivity contribution is -0.0422. The minimum absolute atomic E-state index is 0.619. The van der Waals surface area contributed by atoms with E-state index < -0.39 is 33.9 Å². The standard InChI is InChI=1S/C8H4F6S/c9-6-4-2-1-3-5(6)7(10,11)15-8(12,13)14/h1-4H. The molecule has 84 valence electrons. The van der Waals surface area contributed by atoms with Crippen molar-refractivity contribution in [3.05, 3.63) is 35.6 Å². The molecule has 0 saturated carbocycles. The maximum atomic E-state index is 12.9. The monoisotopic (exact) mass is 246 g/mol. The third-order valence-corrected chi connectivity index (χ3v) is 2.14. The summed E-state index contributed by atoms with van der Waals surface area (Å²) in [5, 5.41) is -4.32. The molecular formula is C8H4F6S. The van der Waals surface area contributed by atoms with E-state index in [0.717, 1.165) is 12.1 Å². The fourth-order valence-corrected chi connectivity index (χ4v) is 1.46. The van der Waals surface area contributed by atoms with Gasteiger partial charge in [0.25, 0.3) is 0 Å². The van der Waals surface area contributed by atoms with Gasteiger partial charge in [0, 0.05) is 11.8 Å². The molecule has 15 heavy (non-hydrogen) atoms. The third-order valence-electron chi connectivity index (χ3n) is 1.43. The Morgan fingerprint density at radius 2 is 1.47 bits per heavy atom. The van der Waals surface area contributed by atoms with Gasteiger partial charge in [0.2, 0.25) is 0 Å². The largest absolute Gasteiger partial charge is 0.447 e. The summed E-state index contributed by atoms with van der Waals surface area (Å²) in [6, 6.07) is 3.46. The predicted molar refractivity (Wildman–Crippen MR) is 43.9 cm³/mol. The smallest absolute Gasteiger partial charge is 0.206 e. The SMILES string of the molecule is Fc1ccccc1C(F)(F)SC(F)(F)F. The third kappa shape index (κ3) is 3.33. The van der Waals surface area contributed by atoms with Gasteiger partial charge in [-0.2, -0.15) is 22.0 Å². The van der Waals surface area contributed by atoms with Gasteiger partial charge in [-0.1, -0.05) is 12.1 Å². The van der Waals surface area contributed by atoms with Crippen LogP contribution >= 0.6 is 11.8 Å². The maximum absolute atomic E-state index is 12.9. The van der Waals surface area contributed by atoms with E-state index in [1.54, 1.807) is 0 Å². The molecular weight excluding hydrogens is 242 g/mol. The average molecular weight is 246 g/mol. The van der Waals surface area contributed by atoms with Crippen molar-refractivity contribution in [2.24, 2.45) is 0 Å². The van der Waals surface area contributed by atoms with E-state index in [1.165, 1.54) is 0 Å². The van der Waals surface area contributed by atoms with Crippen LogP contribution in [-0.4, -0.2) is 5.51 Å². The second kappa shape index (κ2) is 3.96. The zero-order chi connectivity index (χ0) is 11.7. The van der Waals surface area contributed by atoms with E-state index in [1.807, 2.05) is 0 Å². The molecule has 0 N–H and O–H groups in total. The molecule has 0 aliphatic heterocycles. The van der Waals surface area contributed by atoms with Crippen LogP contribution in [0, 0.1) is 5.82 Å². The normalized spacial score (nSPS) is 12.9. The van der Waals surface area contributed by atoms with Crippen molar-refractivity contribution in [1.29, 1.82) is 0 Å². The summed E-state index contributed by atoms with van der Waals surface area (Å²) in [5.41, 5.74) is -6.39. The second-order valence-electron chi connectivity index (χ2n) is 2.54. The van der Waals surface area contributed by atoms with E-state index in [4.69, 9.17) is 0 Å². The lowest BCUT2D eigenvalue weighted by Crippen LogP contribution is -2.17. The Morgan fingerprint density at radius 3 is 1.93 bits per heavy atom. The van der Waals surface area contributed by atoms with Crippen molar-refractivity contribution in [1.82, 2.24) is 0 Å². The summed E-state index contributed by atoms with van der Waals surface area (Å²) in [4.78, 5) is 0. The zero-order valence-corrected chi connectivity index (χ0v) is 7.80. The molecule has 0 aliphatic rings. The first-order chi connectivity index (χ1) is 6.72. The van der Waals surface area contributed by atoms with Crippen LogP contribution in [0.4, 0.5) is 26.3 Å². The van der Waals surface area contributed by atoms with Gasteiger partial charge >= 0.3 is 10.8 Å². The lowest BCUT2D eigenvalue weighted by atomic mass is 10.2. The summed E-state index contributed by atoms with van der Waals surface area (Å²) in [5.74, 6) is -1.36. The van der Waals surface area contributed by atoms with Crippen LogP contribution < -0.4 is 0 Å². The molecule has 0 bridgehead atoms. The highest BCUT2D eigenvalue weighted by Gasteiger charge is 2.47. The quantitative estimate of drug-likeness (QED) is 0.707. The molecule has 0 aliphatic carbocycles. The molecule has 1 aromatic rings. The van der Waals surface area contributed by atoms with Gasteiger partial charge in [-0.05, 0) is 12.1 Å². The van der Waals surface area contributed by atoms with Gasteiger partial charge < -0.3 is 0 Å². The van der Waals surface area contributed by atoms with Crippen molar-refractivity contribution < 1.29 is 26.3 Å². The highest BCUT2D eigenvalue weighted by Crippen LogP contribution is 2.49. The molecule has 0 spiro atoms. The number of thioether (sulfide) groups is 1. The average Bonchev–Trinajstić information content (AvgIpc) is 1.99. The van der Waals surface area contributed by atoms with E-state index in [9.17, 15) is 26.3 Å². The Morgan fingerprint density at radius 1 is 0.933 bits per heavy atom. The van der Waals surface area contributed by atoms with Crippen molar-refractivity contribution in [2.75, 3.05) is 0 Å². The van der Waals surface area contributed by atoms with Crippen molar-refractivity contribution >= 4 is 11.8 Å². The molecule has 0 radical (unpaired) electrons. The first-order valence-electron chi connectivity index (χ1n) is 3.62. The number of rotatable bonds is 2. The fraction of sp³-hybridized carbons (Fsp3) is 0.250. The van der Waals surface area contributed by atoms with Gasteiger partial charge in [-0.3, -0.25) is 0 Å². The fourth-order valence-electron chi connectivity index (χ4n) is 0.898. The van der Waals surface area contributed by atoms with Crippen LogP contribution in [0.2, 0.25) is 0 Å².